The molecule has 1 amide bonds. The molecule has 0 aliphatic heterocycles. The van der Waals surface area contributed by atoms with E-state index in [2.05, 4.69) is 18.1 Å². The Bertz CT molecular complexity index is 1060. The zero-order chi connectivity index (χ0) is 18.4. The maximum Gasteiger partial charge on any atom is 0.258 e. The number of carbonyl (C=O) groups is 2. The molecule has 26 heavy (non-hydrogen) atoms. The van der Waals surface area contributed by atoms with Crippen molar-refractivity contribution in [3.8, 4) is 12.3 Å². The maximum absolute atomic E-state index is 13.3. The van der Waals surface area contributed by atoms with Crippen molar-refractivity contribution >= 4 is 33.6 Å². The van der Waals surface area contributed by atoms with Crippen LogP contribution in [0.5, 0.6) is 0 Å². The summed E-state index contributed by atoms with van der Waals surface area (Å²) < 4.78 is 0. The van der Waals surface area contributed by atoms with E-state index in [0.29, 0.717) is 13.0 Å². The fourth-order valence-corrected chi connectivity index (χ4v) is 3.93. The van der Waals surface area contributed by atoms with Crippen molar-refractivity contribution in [2.75, 3.05) is 6.54 Å². The summed E-state index contributed by atoms with van der Waals surface area (Å²) in [5, 5.41) is 2.24. The van der Waals surface area contributed by atoms with E-state index in [1.54, 1.807) is 11.0 Å². The lowest BCUT2D eigenvalue weighted by Gasteiger charge is -2.26. The highest BCUT2D eigenvalue weighted by Gasteiger charge is 2.38. The topological polar surface area (TPSA) is 37.4 Å². The summed E-state index contributed by atoms with van der Waals surface area (Å²) in [5.41, 5.74) is 3.92. The first kappa shape index (κ1) is 16.4. The van der Waals surface area contributed by atoms with Crippen molar-refractivity contribution < 1.29 is 9.59 Å². The van der Waals surface area contributed by atoms with E-state index in [4.69, 9.17) is 6.42 Å². The Morgan fingerprint density at radius 2 is 1.85 bits per heavy atom. The summed E-state index contributed by atoms with van der Waals surface area (Å²) in [5.74, 6) is 2.14. The molecular weight excluding hydrogens is 322 g/mol. The molecule has 0 unspecified atom stereocenters. The van der Waals surface area contributed by atoms with Crippen LogP contribution < -0.4 is 0 Å². The molecular formula is C23H19NO2. The first-order valence-electron chi connectivity index (χ1n) is 8.82. The molecule has 2 aliphatic carbocycles. The van der Waals surface area contributed by atoms with Crippen molar-refractivity contribution in [2.24, 2.45) is 0 Å². The molecule has 0 aromatic heterocycles. The van der Waals surface area contributed by atoms with Gasteiger partial charge in [-0.3, -0.25) is 9.59 Å². The van der Waals surface area contributed by atoms with E-state index in [0.717, 1.165) is 33.0 Å². The van der Waals surface area contributed by atoms with Crippen LogP contribution in [0.2, 0.25) is 0 Å². The number of allylic oxidation sites excluding steroid dienone is 3. The molecule has 0 fully saturated rings. The highest BCUT2D eigenvalue weighted by Crippen LogP contribution is 2.50. The van der Waals surface area contributed by atoms with Crippen LogP contribution in [0.3, 0.4) is 0 Å². The minimum Gasteiger partial charge on any atom is -0.335 e. The first-order chi connectivity index (χ1) is 12.5. The maximum atomic E-state index is 13.3. The van der Waals surface area contributed by atoms with Gasteiger partial charge in [0.2, 0.25) is 0 Å². The molecule has 0 saturated carbocycles. The van der Waals surface area contributed by atoms with Gasteiger partial charge < -0.3 is 4.90 Å². The second-order valence-electron chi connectivity index (χ2n) is 6.93. The van der Waals surface area contributed by atoms with Crippen molar-refractivity contribution in [2.45, 2.75) is 26.3 Å². The molecule has 0 spiro atoms. The van der Waals surface area contributed by atoms with E-state index in [9.17, 15) is 9.59 Å². The Hall–Kier alpha value is -3.12. The molecule has 2 aliphatic rings. The zero-order valence-corrected chi connectivity index (χ0v) is 14.9. The lowest BCUT2D eigenvalue weighted by Crippen LogP contribution is -2.39. The number of carbonyl (C=O) groups excluding carboxylic acids is 2. The Morgan fingerprint density at radius 1 is 1.15 bits per heavy atom. The highest BCUT2D eigenvalue weighted by atomic mass is 16.2. The number of amides is 1. The third-order valence-corrected chi connectivity index (χ3v) is 5.10. The summed E-state index contributed by atoms with van der Waals surface area (Å²) in [4.78, 5) is 27.7. The molecule has 0 radical (unpaired) electrons. The number of rotatable bonds is 4. The predicted molar refractivity (Wildman–Crippen MR) is 104 cm³/mol. The molecule has 0 saturated heterocycles. The molecule has 0 bridgehead atoms. The largest absolute Gasteiger partial charge is 0.335 e. The zero-order valence-electron chi connectivity index (χ0n) is 14.9. The average Bonchev–Trinajstić information content (AvgIpc) is 3.11. The molecule has 3 nitrogen and oxygen atoms in total. The van der Waals surface area contributed by atoms with Gasteiger partial charge in [0.15, 0.2) is 5.78 Å². The smallest absolute Gasteiger partial charge is 0.258 e. The van der Waals surface area contributed by atoms with Gasteiger partial charge in [0.05, 0.1) is 5.57 Å². The van der Waals surface area contributed by atoms with Gasteiger partial charge in [-0.15, -0.1) is 12.3 Å². The lowest BCUT2D eigenvalue weighted by molar-refractivity contribution is -0.130. The quantitative estimate of drug-likeness (QED) is 0.626. The van der Waals surface area contributed by atoms with Gasteiger partial charge >= 0.3 is 0 Å². The fraction of sp³-hybridized carbons (Fsp3) is 0.217. The Morgan fingerprint density at radius 3 is 2.50 bits per heavy atom. The number of fused-ring (bicyclic) bond motifs is 3. The number of ketones is 1. The number of benzene rings is 2. The van der Waals surface area contributed by atoms with Gasteiger partial charge in [-0.2, -0.15) is 0 Å². The Labute approximate surface area is 153 Å². The van der Waals surface area contributed by atoms with Crippen molar-refractivity contribution in [3.63, 3.8) is 0 Å². The number of nitrogens with zero attached hydrogens (tertiary/aromatic N) is 1. The van der Waals surface area contributed by atoms with Gasteiger partial charge in [0.1, 0.15) is 0 Å². The van der Waals surface area contributed by atoms with E-state index >= 15 is 0 Å². The third kappa shape index (κ3) is 2.23. The summed E-state index contributed by atoms with van der Waals surface area (Å²) in [6.07, 6.45) is 7.45. The summed E-state index contributed by atoms with van der Waals surface area (Å²) in [7, 11) is 0. The number of terminal acetylenes is 1. The summed E-state index contributed by atoms with van der Waals surface area (Å²) >= 11 is 0. The minimum atomic E-state index is -0.230. The number of hydrogen-bond acceptors (Lipinski definition) is 2. The monoisotopic (exact) mass is 341 g/mol. The van der Waals surface area contributed by atoms with Crippen molar-refractivity contribution in [1.29, 1.82) is 0 Å². The van der Waals surface area contributed by atoms with E-state index < -0.39 is 0 Å². The minimum absolute atomic E-state index is 0.0274. The normalized spacial score (nSPS) is 14.7. The van der Waals surface area contributed by atoms with E-state index in [-0.39, 0.29) is 23.3 Å². The average molecular weight is 341 g/mol. The van der Waals surface area contributed by atoms with Crippen molar-refractivity contribution in [3.05, 3.63) is 59.2 Å². The van der Waals surface area contributed by atoms with Gasteiger partial charge in [-0.05, 0) is 47.4 Å². The second-order valence-corrected chi connectivity index (χ2v) is 6.93. The molecule has 3 heteroatoms. The van der Waals surface area contributed by atoms with Crippen LogP contribution >= 0.6 is 0 Å². The Kier molecular flexibility index (Phi) is 3.77. The Balaban J connectivity index is 1.89. The molecule has 0 heterocycles. The molecule has 128 valence electrons. The number of hydrogen-bond donors (Lipinski definition) is 0. The first-order valence-corrected chi connectivity index (χ1v) is 8.82. The molecule has 0 atom stereocenters. The van der Waals surface area contributed by atoms with Crippen LogP contribution in [0.25, 0.3) is 21.9 Å². The van der Waals surface area contributed by atoms with Crippen LogP contribution in [0.4, 0.5) is 0 Å². The summed E-state index contributed by atoms with van der Waals surface area (Å²) in [6, 6.07) is 12.1. The van der Waals surface area contributed by atoms with Crippen molar-refractivity contribution in [1.82, 2.24) is 4.90 Å². The van der Waals surface area contributed by atoms with Crippen LogP contribution in [0, 0.1) is 12.3 Å². The summed E-state index contributed by atoms with van der Waals surface area (Å²) in [6.45, 7) is 4.33. The molecule has 2 aromatic rings. The van der Waals surface area contributed by atoms with Crippen LogP contribution in [-0.2, 0) is 9.59 Å². The standard InChI is InChI=1S/C23H19NO2/c1-4-5-12-24(14(2)3)23(26)22-19(25)13-18-16-10-6-8-15-9-7-11-17(20(15)16)21(18)22/h1,6-11,13-14H,5,12H2,2-3H3. The highest BCUT2D eigenvalue weighted by molar-refractivity contribution is 6.43. The molecule has 4 rings (SSSR count). The molecule has 2 aromatic carbocycles. The SMILES string of the molecule is C#CCCN(C(=O)C1=C2C(=CC1=O)c1cccc3cccc2c13)C(C)C. The van der Waals surface area contributed by atoms with Gasteiger partial charge in [0, 0.05) is 24.6 Å². The van der Waals surface area contributed by atoms with Gasteiger partial charge in [-0.1, -0.05) is 36.4 Å². The lowest BCUT2D eigenvalue weighted by atomic mass is 9.99. The van der Waals surface area contributed by atoms with Gasteiger partial charge in [-0.25, -0.2) is 0 Å². The van der Waals surface area contributed by atoms with E-state index in [1.807, 2.05) is 38.1 Å². The fourth-order valence-electron chi connectivity index (χ4n) is 3.93. The predicted octanol–water partition coefficient (Wildman–Crippen LogP) is 3.83. The van der Waals surface area contributed by atoms with Crippen LogP contribution in [-0.4, -0.2) is 29.2 Å². The second kappa shape index (κ2) is 6.00. The third-order valence-electron chi connectivity index (χ3n) is 5.10. The van der Waals surface area contributed by atoms with E-state index in [1.165, 1.54) is 0 Å². The van der Waals surface area contributed by atoms with Crippen LogP contribution in [0.15, 0.2) is 48.0 Å². The van der Waals surface area contributed by atoms with Crippen LogP contribution in [0.1, 0.15) is 31.4 Å². The molecule has 0 N–H and O–H groups in total. The van der Waals surface area contributed by atoms with Gasteiger partial charge in [0.25, 0.3) is 5.91 Å².